The lowest BCUT2D eigenvalue weighted by Gasteiger charge is -2.00. The smallest absolute Gasteiger partial charge is 0.159 e. The van der Waals surface area contributed by atoms with Crippen molar-refractivity contribution in [2.75, 3.05) is 0 Å². The fourth-order valence-corrected chi connectivity index (χ4v) is 1.21. The topological polar surface area (TPSA) is 25.8 Å². The van der Waals surface area contributed by atoms with Crippen LogP contribution in [0.2, 0.25) is 5.15 Å². The quantitative estimate of drug-likeness (QED) is 0.747. The van der Waals surface area contributed by atoms with E-state index in [2.05, 4.69) is 9.97 Å². The van der Waals surface area contributed by atoms with Crippen molar-refractivity contribution in [1.82, 2.24) is 9.97 Å². The summed E-state index contributed by atoms with van der Waals surface area (Å²) in [7, 11) is 0. The van der Waals surface area contributed by atoms with Gasteiger partial charge in [-0.25, -0.2) is 13.8 Å². The van der Waals surface area contributed by atoms with E-state index in [-0.39, 0.29) is 5.15 Å². The largest absolute Gasteiger partial charge is 0.251 e. The van der Waals surface area contributed by atoms with Gasteiger partial charge < -0.3 is 0 Å². The van der Waals surface area contributed by atoms with Gasteiger partial charge in [0.05, 0.1) is 18.1 Å². The molecule has 2 aromatic rings. The minimum atomic E-state index is -0.913. The Morgan fingerprint density at radius 2 is 1.80 bits per heavy atom. The molecule has 0 N–H and O–H groups in total. The highest BCUT2D eigenvalue weighted by molar-refractivity contribution is 6.29. The van der Waals surface area contributed by atoms with Gasteiger partial charge in [0.2, 0.25) is 0 Å². The Bertz CT molecular complexity index is 485. The molecule has 15 heavy (non-hydrogen) atoms. The van der Waals surface area contributed by atoms with Crippen LogP contribution >= 0.6 is 11.6 Å². The Morgan fingerprint density at radius 3 is 2.40 bits per heavy atom. The number of halogens is 3. The van der Waals surface area contributed by atoms with E-state index in [0.717, 1.165) is 12.1 Å². The number of rotatable bonds is 1. The molecule has 0 aliphatic carbocycles. The fourth-order valence-electron chi connectivity index (χ4n) is 1.12. The molecule has 1 heterocycles. The molecule has 0 amide bonds. The predicted molar refractivity (Wildman–Crippen MR) is 52.4 cm³/mol. The third-order valence-corrected chi connectivity index (χ3v) is 2.03. The Balaban J connectivity index is 2.45. The van der Waals surface area contributed by atoms with E-state index in [0.29, 0.717) is 11.3 Å². The molecule has 0 bridgehead atoms. The Hall–Kier alpha value is -1.55. The normalized spacial score (nSPS) is 10.3. The molecule has 1 aromatic heterocycles. The third kappa shape index (κ3) is 2.10. The predicted octanol–water partition coefficient (Wildman–Crippen LogP) is 3.08. The lowest BCUT2D eigenvalue weighted by Crippen LogP contribution is -1.89. The average molecular weight is 227 g/mol. The molecule has 0 spiro atoms. The van der Waals surface area contributed by atoms with Crippen LogP contribution in [-0.4, -0.2) is 9.97 Å². The Morgan fingerprint density at radius 1 is 1.00 bits per heavy atom. The van der Waals surface area contributed by atoms with E-state index in [1.165, 1.54) is 18.5 Å². The summed E-state index contributed by atoms with van der Waals surface area (Å²) in [5, 5.41) is 0.251. The van der Waals surface area contributed by atoms with E-state index in [4.69, 9.17) is 11.6 Å². The highest BCUT2D eigenvalue weighted by Gasteiger charge is 2.05. The molecule has 0 unspecified atom stereocenters. The monoisotopic (exact) mass is 226 g/mol. The second kappa shape index (κ2) is 3.90. The van der Waals surface area contributed by atoms with Crippen LogP contribution in [0.3, 0.4) is 0 Å². The first-order chi connectivity index (χ1) is 7.16. The van der Waals surface area contributed by atoms with E-state index in [1.54, 1.807) is 0 Å². The number of aromatic nitrogens is 2. The minimum Gasteiger partial charge on any atom is -0.251 e. The van der Waals surface area contributed by atoms with Crippen LogP contribution in [0.25, 0.3) is 11.3 Å². The van der Waals surface area contributed by atoms with Gasteiger partial charge in [-0.15, -0.1) is 0 Å². The lowest BCUT2D eigenvalue weighted by atomic mass is 10.1. The summed E-state index contributed by atoms with van der Waals surface area (Å²) in [5.41, 5.74) is 0.899. The highest BCUT2D eigenvalue weighted by Crippen LogP contribution is 2.19. The summed E-state index contributed by atoms with van der Waals surface area (Å²) in [5.74, 6) is -1.80. The highest BCUT2D eigenvalue weighted by atomic mass is 35.5. The first-order valence-electron chi connectivity index (χ1n) is 4.10. The zero-order chi connectivity index (χ0) is 10.8. The number of hydrogen-bond acceptors (Lipinski definition) is 2. The van der Waals surface area contributed by atoms with E-state index >= 15 is 0 Å². The van der Waals surface area contributed by atoms with Crippen molar-refractivity contribution in [2.45, 2.75) is 0 Å². The van der Waals surface area contributed by atoms with Crippen LogP contribution in [-0.2, 0) is 0 Å². The maximum absolute atomic E-state index is 12.9. The van der Waals surface area contributed by atoms with Crippen molar-refractivity contribution in [2.24, 2.45) is 0 Å². The molecule has 0 aliphatic heterocycles. The van der Waals surface area contributed by atoms with Gasteiger partial charge in [-0.3, -0.25) is 4.98 Å². The lowest BCUT2D eigenvalue weighted by molar-refractivity contribution is 0.509. The van der Waals surface area contributed by atoms with E-state index in [1.807, 2.05) is 0 Å². The van der Waals surface area contributed by atoms with Crippen molar-refractivity contribution < 1.29 is 8.78 Å². The molecule has 0 atom stereocenters. The first kappa shape index (κ1) is 9.98. The van der Waals surface area contributed by atoms with Gasteiger partial charge in [0.15, 0.2) is 11.6 Å². The molecule has 0 fully saturated rings. The molecule has 76 valence electrons. The van der Waals surface area contributed by atoms with Crippen molar-refractivity contribution in [3.63, 3.8) is 0 Å². The SMILES string of the molecule is Fc1ccc(-c2cnc(Cl)cn2)cc1F. The summed E-state index contributed by atoms with van der Waals surface area (Å²) in [4.78, 5) is 7.73. The van der Waals surface area contributed by atoms with Gasteiger partial charge in [0.25, 0.3) is 0 Å². The first-order valence-corrected chi connectivity index (χ1v) is 4.47. The van der Waals surface area contributed by atoms with E-state index < -0.39 is 11.6 Å². The maximum Gasteiger partial charge on any atom is 0.159 e. The van der Waals surface area contributed by atoms with Gasteiger partial charge in [-0.1, -0.05) is 11.6 Å². The van der Waals surface area contributed by atoms with Crippen LogP contribution in [0.1, 0.15) is 0 Å². The zero-order valence-electron chi connectivity index (χ0n) is 7.42. The maximum atomic E-state index is 12.9. The molecule has 0 radical (unpaired) electrons. The van der Waals surface area contributed by atoms with Crippen molar-refractivity contribution in [3.8, 4) is 11.3 Å². The van der Waals surface area contributed by atoms with Gasteiger partial charge in [0.1, 0.15) is 5.15 Å². The minimum absolute atomic E-state index is 0.251. The van der Waals surface area contributed by atoms with Gasteiger partial charge >= 0.3 is 0 Å². The molecule has 2 nitrogen and oxygen atoms in total. The number of nitrogens with zero attached hydrogens (tertiary/aromatic N) is 2. The Labute approximate surface area is 89.6 Å². The van der Waals surface area contributed by atoms with Gasteiger partial charge in [0, 0.05) is 5.56 Å². The summed E-state index contributed by atoms with van der Waals surface area (Å²) in [6, 6.07) is 3.53. The summed E-state index contributed by atoms with van der Waals surface area (Å²) >= 11 is 5.55. The fraction of sp³-hybridized carbons (Fsp3) is 0. The van der Waals surface area contributed by atoms with E-state index in [9.17, 15) is 8.78 Å². The molecule has 5 heteroatoms. The van der Waals surface area contributed by atoms with Crippen LogP contribution in [0, 0.1) is 11.6 Å². The standard InChI is InChI=1S/C10H5ClF2N2/c11-10-5-14-9(4-15-10)6-1-2-7(12)8(13)3-6/h1-5H. The summed E-state index contributed by atoms with van der Waals surface area (Å²) < 4.78 is 25.5. The number of hydrogen-bond donors (Lipinski definition) is 0. The van der Waals surface area contributed by atoms with Crippen molar-refractivity contribution >= 4 is 11.6 Å². The van der Waals surface area contributed by atoms with Crippen LogP contribution in [0.4, 0.5) is 8.78 Å². The second-order valence-corrected chi connectivity index (χ2v) is 3.24. The molecule has 2 rings (SSSR count). The van der Waals surface area contributed by atoms with Crippen LogP contribution in [0.5, 0.6) is 0 Å². The second-order valence-electron chi connectivity index (χ2n) is 2.85. The summed E-state index contributed by atoms with van der Waals surface area (Å²) in [6.45, 7) is 0. The molecular weight excluding hydrogens is 222 g/mol. The van der Waals surface area contributed by atoms with Crippen molar-refractivity contribution in [1.29, 1.82) is 0 Å². The number of benzene rings is 1. The van der Waals surface area contributed by atoms with Gasteiger partial charge in [-0.2, -0.15) is 0 Å². The summed E-state index contributed by atoms with van der Waals surface area (Å²) in [6.07, 6.45) is 2.74. The molecule has 0 aliphatic rings. The van der Waals surface area contributed by atoms with Crippen molar-refractivity contribution in [3.05, 3.63) is 47.4 Å². The molecule has 0 saturated heterocycles. The molecule has 0 saturated carbocycles. The van der Waals surface area contributed by atoms with Gasteiger partial charge in [-0.05, 0) is 18.2 Å². The molecular formula is C10H5ClF2N2. The average Bonchev–Trinajstić information content (AvgIpc) is 2.23. The third-order valence-electron chi connectivity index (χ3n) is 1.84. The van der Waals surface area contributed by atoms with Crippen LogP contribution in [0.15, 0.2) is 30.6 Å². The Kier molecular flexibility index (Phi) is 2.60. The van der Waals surface area contributed by atoms with Crippen LogP contribution < -0.4 is 0 Å². The zero-order valence-corrected chi connectivity index (χ0v) is 8.17. The molecule has 1 aromatic carbocycles.